The third-order valence-corrected chi connectivity index (χ3v) is 12.6. The summed E-state index contributed by atoms with van der Waals surface area (Å²) in [6, 6.07) is -1.74. The van der Waals surface area contributed by atoms with Gasteiger partial charge >= 0.3 is 0 Å². The molecular formula is C38H64NO27-. The molecule has 28 nitrogen and oxygen atoms in total. The van der Waals surface area contributed by atoms with E-state index in [1.165, 1.54) is 13.8 Å². The summed E-state index contributed by atoms with van der Waals surface area (Å²) >= 11 is 0. The van der Waals surface area contributed by atoms with Crippen LogP contribution in [0.4, 0.5) is 0 Å². The SMILES string of the molecule is CO[C@H]1C(CO)O[C@@H](O[C@@H]2C(CO)O[C@@H](C)C(O)[C@H]2O)C(O)[C@H]1O[C@@H]1OC(CO)[C@@H](O)[C@H](O[C@@H]2OC(CO)[C@H](O)[C@H](O[C@]3(C(=O)[O-])C[C@@H](O)[C@@H](C)C(C(O)C(O)CO)O3)C2O)C1NC(C)=O. The van der Waals surface area contributed by atoms with Crippen LogP contribution in [0.3, 0.4) is 0 Å². The Morgan fingerprint density at radius 2 is 1.17 bits per heavy atom. The molecule has 384 valence electrons. The van der Waals surface area contributed by atoms with Crippen molar-refractivity contribution in [1.82, 2.24) is 5.32 Å². The van der Waals surface area contributed by atoms with E-state index in [1.807, 2.05) is 0 Å². The van der Waals surface area contributed by atoms with Gasteiger partial charge < -0.3 is 134 Å². The summed E-state index contributed by atoms with van der Waals surface area (Å²) in [6.07, 6.45) is -41.7. The fourth-order valence-corrected chi connectivity index (χ4v) is 8.78. The van der Waals surface area contributed by atoms with Crippen LogP contribution in [-0.2, 0) is 57.0 Å². The summed E-state index contributed by atoms with van der Waals surface area (Å²) in [5.74, 6) is -7.26. The first kappa shape index (κ1) is 54.9. The van der Waals surface area contributed by atoms with E-state index < -0.39 is 210 Å². The molecule has 15 N–H and O–H groups in total. The summed E-state index contributed by atoms with van der Waals surface area (Å²) in [4.78, 5) is 25.5. The molecule has 28 heteroatoms. The number of aliphatic carboxylic acids is 1. The lowest BCUT2D eigenvalue weighted by atomic mass is 9.84. The second kappa shape index (κ2) is 23.3. The highest BCUT2D eigenvalue weighted by molar-refractivity contribution is 5.74. The zero-order valence-electron chi connectivity index (χ0n) is 36.2. The minimum Gasteiger partial charge on any atom is -0.544 e. The van der Waals surface area contributed by atoms with Gasteiger partial charge in [0, 0.05) is 26.4 Å². The van der Waals surface area contributed by atoms with E-state index in [1.54, 1.807) is 0 Å². The van der Waals surface area contributed by atoms with Crippen LogP contribution in [0.2, 0.25) is 0 Å². The molecule has 5 heterocycles. The minimum absolute atomic E-state index is 0.717. The Morgan fingerprint density at radius 1 is 0.667 bits per heavy atom. The first-order valence-electron chi connectivity index (χ1n) is 21.3. The number of carbonyl (C=O) groups excluding carboxylic acids is 2. The molecule has 0 saturated carbocycles. The third kappa shape index (κ3) is 11.3. The molecule has 11 unspecified atom stereocenters. The quantitative estimate of drug-likeness (QED) is 0.0606. The molecule has 0 aromatic carbocycles. The number of hydrogen-bond donors (Lipinski definition) is 15. The highest BCUT2D eigenvalue weighted by Crippen LogP contribution is 2.40. The van der Waals surface area contributed by atoms with E-state index in [9.17, 15) is 86.2 Å². The molecule has 5 rings (SSSR count). The largest absolute Gasteiger partial charge is 0.544 e. The van der Waals surface area contributed by atoms with Crippen molar-refractivity contribution < 1.29 is 134 Å². The van der Waals surface area contributed by atoms with Crippen molar-refractivity contribution in [3.8, 4) is 0 Å². The van der Waals surface area contributed by atoms with Crippen LogP contribution in [0.5, 0.6) is 0 Å². The maximum absolute atomic E-state index is 12.8. The van der Waals surface area contributed by atoms with Crippen LogP contribution in [0.25, 0.3) is 0 Å². The van der Waals surface area contributed by atoms with E-state index in [0.29, 0.717) is 0 Å². The summed E-state index contributed by atoms with van der Waals surface area (Å²) < 4.78 is 57.6. The normalized spacial score (nSPS) is 47.8. The second-order valence-corrected chi connectivity index (χ2v) is 17.0. The van der Waals surface area contributed by atoms with Crippen molar-refractivity contribution in [2.24, 2.45) is 5.92 Å². The van der Waals surface area contributed by atoms with Crippen molar-refractivity contribution in [1.29, 1.82) is 0 Å². The predicted molar refractivity (Wildman–Crippen MR) is 204 cm³/mol. The Balaban J connectivity index is 1.46. The highest BCUT2D eigenvalue weighted by Gasteiger charge is 2.59. The van der Waals surface area contributed by atoms with E-state index in [4.69, 9.17) is 47.4 Å². The van der Waals surface area contributed by atoms with E-state index in [-0.39, 0.29) is 0 Å². The van der Waals surface area contributed by atoms with Crippen LogP contribution in [0.1, 0.15) is 27.2 Å². The van der Waals surface area contributed by atoms with Crippen LogP contribution in [0, 0.1) is 5.92 Å². The van der Waals surface area contributed by atoms with Crippen LogP contribution in [-0.4, -0.2) is 276 Å². The van der Waals surface area contributed by atoms with Gasteiger partial charge in [-0.15, -0.1) is 0 Å². The minimum atomic E-state index is -3.12. The zero-order valence-corrected chi connectivity index (χ0v) is 36.2. The third-order valence-electron chi connectivity index (χ3n) is 12.6. The van der Waals surface area contributed by atoms with Gasteiger partial charge in [0.1, 0.15) is 116 Å². The molecule has 66 heavy (non-hydrogen) atoms. The van der Waals surface area contributed by atoms with Crippen molar-refractivity contribution in [2.45, 2.75) is 180 Å². The van der Waals surface area contributed by atoms with Gasteiger partial charge in [-0.3, -0.25) is 4.79 Å². The van der Waals surface area contributed by atoms with Crippen molar-refractivity contribution in [3.05, 3.63) is 0 Å². The average Bonchev–Trinajstić information content (AvgIpc) is 3.29. The molecule has 0 aromatic heterocycles. The molecule has 0 bridgehead atoms. The Morgan fingerprint density at radius 3 is 1.70 bits per heavy atom. The van der Waals surface area contributed by atoms with Crippen LogP contribution >= 0.6 is 0 Å². The fraction of sp³-hybridized carbons (Fsp3) is 0.947. The van der Waals surface area contributed by atoms with E-state index >= 15 is 0 Å². The van der Waals surface area contributed by atoms with Gasteiger partial charge in [0.15, 0.2) is 18.9 Å². The number of methoxy groups -OCH3 is 1. The molecule has 5 saturated heterocycles. The summed E-state index contributed by atoms with van der Waals surface area (Å²) in [5, 5.41) is 165. The van der Waals surface area contributed by atoms with Gasteiger partial charge in [-0.25, -0.2) is 0 Å². The number of rotatable bonds is 18. The maximum Gasteiger partial charge on any atom is 0.217 e. The molecule has 0 radical (unpaired) electrons. The summed E-state index contributed by atoms with van der Waals surface area (Å²) in [5.41, 5.74) is 0. The molecule has 5 aliphatic rings. The zero-order chi connectivity index (χ0) is 49.1. The molecule has 1 amide bonds. The fourth-order valence-electron chi connectivity index (χ4n) is 8.78. The molecule has 26 atom stereocenters. The maximum atomic E-state index is 12.8. The predicted octanol–water partition coefficient (Wildman–Crippen LogP) is -10.9. The summed E-state index contributed by atoms with van der Waals surface area (Å²) in [7, 11) is 1.15. The Labute approximate surface area is 376 Å². The first-order chi connectivity index (χ1) is 31.1. The van der Waals surface area contributed by atoms with Crippen molar-refractivity contribution in [3.63, 3.8) is 0 Å². The molecule has 0 aromatic rings. The average molecular weight is 967 g/mol. The van der Waals surface area contributed by atoms with Gasteiger partial charge in [-0.2, -0.15) is 0 Å². The number of hydrogen-bond acceptors (Lipinski definition) is 27. The Hall–Kier alpha value is -2.02. The van der Waals surface area contributed by atoms with Crippen LogP contribution in [0.15, 0.2) is 0 Å². The number of carboxylic acid groups (broad SMARTS) is 1. The molecular weight excluding hydrogens is 902 g/mol. The lowest BCUT2D eigenvalue weighted by Crippen LogP contribution is -2.71. The van der Waals surface area contributed by atoms with Gasteiger partial charge in [-0.1, -0.05) is 6.92 Å². The van der Waals surface area contributed by atoms with Crippen molar-refractivity contribution >= 4 is 11.9 Å². The number of aliphatic hydroxyl groups is 14. The number of ether oxygens (including phenoxy) is 10. The van der Waals surface area contributed by atoms with Gasteiger partial charge in [0.05, 0.1) is 51.3 Å². The molecule has 5 aliphatic heterocycles. The molecule has 0 spiro atoms. The first-order valence-corrected chi connectivity index (χ1v) is 21.3. The second-order valence-electron chi connectivity index (χ2n) is 17.0. The number of aliphatic hydroxyl groups excluding tert-OH is 14. The lowest BCUT2D eigenvalue weighted by molar-refractivity contribution is -0.413. The van der Waals surface area contributed by atoms with Crippen LogP contribution < -0.4 is 10.4 Å². The monoisotopic (exact) mass is 966 g/mol. The van der Waals surface area contributed by atoms with Gasteiger partial charge in [0.2, 0.25) is 11.7 Å². The number of carbonyl (C=O) groups is 2. The van der Waals surface area contributed by atoms with E-state index in [2.05, 4.69) is 5.32 Å². The number of nitrogens with one attached hydrogen (secondary N) is 1. The van der Waals surface area contributed by atoms with Gasteiger partial charge in [-0.05, 0) is 6.92 Å². The number of amides is 1. The molecule has 0 aliphatic carbocycles. The smallest absolute Gasteiger partial charge is 0.217 e. The Kier molecular flexibility index (Phi) is 19.4. The molecule has 5 fully saturated rings. The topological polar surface area (TPSA) is 445 Å². The summed E-state index contributed by atoms with van der Waals surface area (Å²) in [6.45, 7) is -0.833. The standard InChI is InChI=1S/C38H65NO27/c1-11-14(46)5-38(37(55)56,65-28(11)22(49)15(47)6-40)66-32-24(51)17(8-42)60-35(26(32)53)63-31-20(39-13(3)45)34(59-16(7-41)23(31)50)64-33-27(54)36(61-19(10-44)30(33)57-4)62-29-18(9-43)58-12(2)21(48)25(29)52/h11-12,14-36,40-44,46-54H,5-10H2,1-4H3,(H,39,45)(H,55,56)/p-1/t11-,12+,14-,15?,16?,17?,18?,19?,20?,21?,22?,23-,24+,25-,26?,27?,28?,29-,30+,31-,32+,33-,34+,35+,36+,38+/m1/s1. The van der Waals surface area contributed by atoms with E-state index in [0.717, 1.165) is 14.0 Å². The Bertz CT molecular complexity index is 1550. The van der Waals surface area contributed by atoms with Gasteiger partial charge in [0.25, 0.3) is 0 Å². The highest BCUT2D eigenvalue weighted by atomic mass is 16.8. The number of carboxylic acids is 1. The van der Waals surface area contributed by atoms with Crippen molar-refractivity contribution in [2.75, 3.05) is 40.1 Å². The lowest BCUT2D eigenvalue weighted by Gasteiger charge is -2.52.